The Kier molecular flexibility index (Phi) is 5.49. The molecule has 1 heterocycles. The fourth-order valence-corrected chi connectivity index (χ4v) is 4.83. The molecule has 1 aliphatic heterocycles. The lowest BCUT2D eigenvalue weighted by Crippen LogP contribution is -2.41. The van der Waals surface area contributed by atoms with E-state index in [1.807, 2.05) is 25.3 Å². The highest BCUT2D eigenvalue weighted by atomic mass is 32.2. The zero-order chi connectivity index (χ0) is 14.6. The minimum Gasteiger partial charge on any atom is -0.315 e. The molecule has 6 heteroatoms. The quantitative estimate of drug-likeness (QED) is 0.818. The SMILES string of the molecule is CCCN(C1CCNC1)S(=O)(=O)c1cccc(SC)c1. The lowest BCUT2D eigenvalue weighted by atomic mass is 10.2. The van der Waals surface area contributed by atoms with Gasteiger partial charge in [-0.15, -0.1) is 11.8 Å². The third-order valence-electron chi connectivity index (χ3n) is 3.53. The Morgan fingerprint density at radius 2 is 2.25 bits per heavy atom. The van der Waals surface area contributed by atoms with Gasteiger partial charge in [0.15, 0.2) is 0 Å². The van der Waals surface area contributed by atoms with E-state index in [0.29, 0.717) is 11.4 Å². The minimum absolute atomic E-state index is 0.0814. The molecule has 1 unspecified atom stereocenters. The summed E-state index contributed by atoms with van der Waals surface area (Å²) in [5, 5.41) is 3.25. The van der Waals surface area contributed by atoms with E-state index in [0.717, 1.165) is 30.8 Å². The van der Waals surface area contributed by atoms with Gasteiger partial charge in [0.25, 0.3) is 0 Å². The monoisotopic (exact) mass is 314 g/mol. The van der Waals surface area contributed by atoms with Gasteiger partial charge in [-0.05, 0) is 43.8 Å². The van der Waals surface area contributed by atoms with Gasteiger partial charge in [0.05, 0.1) is 4.90 Å². The molecule has 1 fully saturated rings. The molecule has 1 aromatic rings. The van der Waals surface area contributed by atoms with Gasteiger partial charge >= 0.3 is 0 Å². The van der Waals surface area contributed by atoms with Gasteiger partial charge < -0.3 is 5.32 Å². The number of nitrogens with one attached hydrogen (secondary N) is 1. The van der Waals surface area contributed by atoms with E-state index < -0.39 is 10.0 Å². The van der Waals surface area contributed by atoms with E-state index >= 15 is 0 Å². The van der Waals surface area contributed by atoms with E-state index in [4.69, 9.17) is 0 Å². The van der Waals surface area contributed by atoms with Crippen LogP contribution >= 0.6 is 11.8 Å². The lowest BCUT2D eigenvalue weighted by molar-refractivity contribution is 0.335. The van der Waals surface area contributed by atoms with E-state index in [-0.39, 0.29) is 6.04 Å². The Labute approximate surface area is 126 Å². The number of hydrogen-bond donors (Lipinski definition) is 1. The van der Waals surface area contributed by atoms with Gasteiger partial charge in [-0.2, -0.15) is 4.31 Å². The standard InChI is InChI=1S/C14H22N2O2S2/c1-3-9-16(12-7-8-15-11-12)20(17,18)14-6-4-5-13(10-14)19-2/h4-6,10,12,15H,3,7-9,11H2,1-2H3. The molecular formula is C14H22N2O2S2. The highest BCUT2D eigenvalue weighted by molar-refractivity contribution is 7.98. The highest BCUT2D eigenvalue weighted by Crippen LogP contribution is 2.25. The molecule has 2 rings (SSSR count). The first-order chi connectivity index (χ1) is 9.59. The number of rotatable bonds is 6. The molecular weight excluding hydrogens is 292 g/mol. The Bertz CT molecular complexity index is 540. The number of nitrogens with zero attached hydrogens (tertiary/aromatic N) is 1. The van der Waals surface area contributed by atoms with Crippen molar-refractivity contribution in [2.75, 3.05) is 25.9 Å². The largest absolute Gasteiger partial charge is 0.315 e. The van der Waals surface area contributed by atoms with E-state index in [9.17, 15) is 8.42 Å². The van der Waals surface area contributed by atoms with E-state index in [2.05, 4.69) is 5.32 Å². The normalized spacial score (nSPS) is 19.6. The van der Waals surface area contributed by atoms with Crippen LogP contribution < -0.4 is 5.32 Å². The van der Waals surface area contributed by atoms with Crippen LogP contribution in [0.25, 0.3) is 0 Å². The maximum absolute atomic E-state index is 12.9. The average Bonchev–Trinajstić information content (AvgIpc) is 2.98. The van der Waals surface area contributed by atoms with Gasteiger partial charge in [0, 0.05) is 24.0 Å². The van der Waals surface area contributed by atoms with Crippen LogP contribution in [-0.2, 0) is 10.0 Å². The molecule has 0 amide bonds. The number of thioether (sulfide) groups is 1. The molecule has 0 saturated carbocycles. The summed E-state index contributed by atoms with van der Waals surface area (Å²) in [6.45, 7) is 4.24. The first kappa shape index (κ1) is 15.8. The summed E-state index contributed by atoms with van der Waals surface area (Å²) < 4.78 is 27.4. The van der Waals surface area contributed by atoms with Gasteiger partial charge in [0.2, 0.25) is 10.0 Å². The van der Waals surface area contributed by atoms with Crippen molar-refractivity contribution in [1.29, 1.82) is 0 Å². The molecule has 0 spiro atoms. The van der Waals surface area contributed by atoms with Crippen LogP contribution in [0.5, 0.6) is 0 Å². The van der Waals surface area contributed by atoms with Gasteiger partial charge in [-0.3, -0.25) is 0 Å². The molecule has 1 aliphatic rings. The fourth-order valence-electron chi connectivity index (χ4n) is 2.50. The summed E-state index contributed by atoms with van der Waals surface area (Å²) in [5.74, 6) is 0. The average molecular weight is 314 g/mol. The van der Waals surface area contributed by atoms with Crippen molar-refractivity contribution >= 4 is 21.8 Å². The van der Waals surface area contributed by atoms with Crippen LogP contribution in [-0.4, -0.2) is 44.7 Å². The van der Waals surface area contributed by atoms with Crippen LogP contribution in [0.4, 0.5) is 0 Å². The summed E-state index contributed by atoms with van der Waals surface area (Å²) in [4.78, 5) is 1.39. The summed E-state index contributed by atoms with van der Waals surface area (Å²) in [7, 11) is -3.40. The Hall–Kier alpha value is -0.560. The van der Waals surface area contributed by atoms with Crippen molar-refractivity contribution < 1.29 is 8.42 Å². The molecule has 0 radical (unpaired) electrons. The molecule has 0 bridgehead atoms. The number of hydrogen-bond acceptors (Lipinski definition) is 4. The van der Waals surface area contributed by atoms with Gasteiger partial charge in [0.1, 0.15) is 0 Å². The molecule has 0 aromatic heterocycles. The van der Waals surface area contributed by atoms with Crippen LogP contribution in [0, 0.1) is 0 Å². The molecule has 20 heavy (non-hydrogen) atoms. The molecule has 1 aromatic carbocycles. The second-order valence-corrected chi connectivity index (χ2v) is 7.71. The van der Waals surface area contributed by atoms with E-state index in [1.54, 1.807) is 28.2 Å². The topological polar surface area (TPSA) is 49.4 Å². The first-order valence-corrected chi connectivity index (χ1v) is 9.62. The zero-order valence-corrected chi connectivity index (χ0v) is 13.6. The third-order valence-corrected chi connectivity index (χ3v) is 6.21. The molecule has 1 N–H and O–H groups in total. The van der Waals surface area contributed by atoms with E-state index in [1.165, 1.54) is 0 Å². The summed E-state index contributed by atoms with van der Waals surface area (Å²) in [6.07, 6.45) is 3.68. The Balaban J connectivity index is 2.33. The number of benzene rings is 1. The van der Waals surface area contributed by atoms with Crippen molar-refractivity contribution in [3.63, 3.8) is 0 Å². The van der Waals surface area contributed by atoms with Crippen LogP contribution in [0.1, 0.15) is 19.8 Å². The zero-order valence-electron chi connectivity index (χ0n) is 12.0. The summed E-state index contributed by atoms with van der Waals surface area (Å²) in [6, 6.07) is 7.30. The predicted octanol–water partition coefficient (Wildman–Crippen LogP) is 2.17. The maximum atomic E-state index is 12.9. The number of sulfonamides is 1. The van der Waals surface area contributed by atoms with Gasteiger partial charge in [-0.25, -0.2) is 8.42 Å². The smallest absolute Gasteiger partial charge is 0.243 e. The fraction of sp³-hybridized carbons (Fsp3) is 0.571. The third kappa shape index (κ3) is 3.36. The van der Waals surface area contributed by atoms with Gasteiger partial charge in [-0.1, -0.05) is 13.0 Å². The lowest BCUT2D eigenvalue weighted by Gasteiger charge is -2.27. The Morgan fingerprint density at radius 3 is 2.85 bits per heavy atom. The molecule has 1 saturated heterocycles. The second kappa shape index (κ2) is 6.93. The van der Waals surface area contributed by atoms with Crippen molar-refractivity contribution in [2.24, 2.45) is 0 Å². The highest BCUT2D eigenvalue weighted by Gasteiger charge is 2.32. The van der Waals surface area contributed by atoms with Crippen LogP contribution in [0.2, 0.25) is 0 Å². The van der Waals surface area contributed by atoms with Crippen LogP contribution in [0.3, 0.4) is 0 Å². The predicted molar refractivity (Wildman–Crippen MR) is 83.7 cm³/mol. The molecule has 112 valence electrons. The van der Waals surface area contributed by atoms with Crippen molar-refractivity contribution in [1.82, 2.24) is 9.62 Å². The minimum atomic E-state index is -3.40. The maximum Gasteiger partial charge on any atom is 0.243 e. The van der Waals surface area contributed by atoms with Crippen molar-refractivity contribution in [3.8, 4) is 0 Å². The van der Waals surface area contributed by atoms with Crippen molar-refractivity contribution in [2.45, 2.75) is 35.6 Å². The first-order valence-electron chi connectivity index (χ1n) is 6.96. The van der Waals surface area contributed by atoms with Crippen molar-refractivity contribution in [3.05, 3.63) is 24.3 Å². The molecule has 0 aliphatic carbocycles. The summed E-state index contributed by atoms with van der Waals surface area (Å²) in [5.41, 5.74) is 0. The Morgan fingerprint density at radius 1 is 1.45 bits per heavy atom. The second-order valence-electron chi connectivity index (χ2n) is 4.94. The summed E-state index contributed by atoms with van der Waals surface area (Å²) >= 11 is 1.56. The molecule has 1 atom stereocenters. The molecule has 4 nitrogen and oxygen atoms in total. The van der Waals surface area contributed by atoms with Crippen LogP contribution in [0.15, 0.2) is 34.1 Å².